The summed E-state index contributed by atoms with van der Waals surface area (Å²) in [5, 5.41) is 6.83. The van der Waals surface area contributed by atoms with E-state index in [1.165, 1.54) is 35.4 Å². The number of aromatic nitrogens is 2. The van der Waals surface area contributed by atoms with Gasteiger partial charge in [-0.3, -0.25) is 4.90 Å². The van der Waals surface area contributed by atoms with E-state index < -0.39 is 17.8 Å². The van der Waals surface area contributed by atoms with Gasteiger partial charge in [0.15, 0.2) is 0 Å². The summed E-state index contributed by atoms with van der Waals surface area (Å²) in [6.45, 7) is 0.410. The average molecular weight is 404 g/mol. The second-order valence-corrected chi connectivity index (χ2v) is 6.63. The molecule has 0 saturated carbocycles. The maximum absolute atomic E-state index is 13.2. The van der Waals surface area contributed by atoms with Gasteiger partial charge in [-0.1, -0.05) is 6.07 Å². The fourth-order valence-electron chi connectivity index (χ4n) is 3.33. The van der Waals surface area contributed by atoms with Crippen molar-refractivity contribution in [1.82, 2.24) is 9.78 Å². The Morgan fingerprint density at radius 2 is 1.86 bits per heavy atom. The molecule has 1 N–H and O–H groups in total. The van der Waals surface area contributed by atoms with E-state index in [0.29, 0.717) is 30.8 Å². The van der Waals surface area contributed by atoms with Gasteiger partial charge in [-0.05, 0) is 55.3 Å². The Hall–Kier alpha value is -3.36. The lowest BCUT2D eigenvalue weighted by Gasteiger charge is -2.27. The Morgan fingerprint density at radius 3 is 2.59 bits per heavy atom. The van der Waals surface area contributed by atoms with Gasteiger partial charge < -0.3 is 5.32 Å². The van der Waals surface area contributed by atoms with Gasteiger partial charge in [0, 0.05) is 12.2 Å². The molecular weight excluding hydrogens is 388 g/mol. The maximum Gasteiger partial charge on any atom is 0.416 e. The van der Waals surface area contributed by atoms with E-state index in [4.69, 9.17) is 0 Å². The lowest BCUT2D eigenvalue weighted by Crippen LogP contribution is -2.38. The van der Waals surface area contributed by atoms with E-state index in [-0.39, 0.29) is 11.5 Å². The number of carbonyl (C=O) groups is 1. The summed E-state index contributed by atoms with van der Waals surface area (Å²) in [4.78, 5) is 14.2. The number of benzene rings is 2. The molecule has 0 radical (unpaired) electrons. The largest absolute Gasteiger partial charge is 0.416 e. The number of anilines is 2. The summed E-state index contributed by atoms with van der Waals surface area (Å²) in [5.41, 5.74) is 1.24. The first kappa shape index (κ1) is 19.0. The molecule has 5 nitrogen and oxygen atoms in total. The number of carbonyl (C=O) groups excluding carboxylic acids is 1. The van der Waals surface area contributed by atoms with E-state index in [1.807, 2.05) is 0 Å². The van der Waals surface area contributed by atoms with Crippen LogP contribution in [0.4, 0.5) is 33.7 Å². The minimum Gasteiger partial charge on any atom is -0.308 e. The van der Waals surface area contributed by atoms with Crippen molar-refractivity contribution >= 4 is 17.4 Å². The number of nitrogens with zero attached hydrogens (tertiary/aromatic N) is 3. The van der Waals surface area contributed by atoms with Crippen LogP contribution in [-0.2, 0) is 12.6 Å². The molecule has 0 spiro atoms. The van der Waals surface area contributed by atoms with Crippen molar-refractivity contribution in [3.05, 3.63) is 71.8 Å². The van der Waals surface area contributed by atoms with E-state index in [9.17, 15) is 22.4 Å². The highest BCUT2D eigenvalue weighted by Crippen LogP contribution is 2.32. The van der Waals surface area contributed by atoms with Gasteiger partial charge in [0.2, 0.25) is 0 Å². The molecule has 0 atom stereocenters. The molecule has 29 heavy (non-hydrogen) atoms. The standard InChI is InChI=1S/C20H16F4N4O/c21-14-6-8-16(9-7-14)28-17-5-2-10-27(18(17)12-25-28)19(29)26-15-4-1-3-13(11-15)20(22,23)24/h1,3-4,6-9,11-12H,2,5,10H2,(H,26,29). The number of halogens is 4. The minimum atomic E-state index is -4.49. The molecule has 0 bridgehead atoms. The normalized spacial score (nSPS) is 13.9. The summed E-state index contributed by atoms with van der Waals surface area (Å²) < 4.78 is 53.5. The Bertz CT molecular complexity index is 1040. The summed E-state index contributed by atoms with van der Waals surface area (Å²) >= 11 is 0. The van der Waals surface area contributed by atoms with Crippen LogP contribution < -0.4 is 10.2 Å². The number of urea groups is 1. The van der Waals surface area contributed by atoms with Crippen molar-refractivity contribution in [2.45, 2.75) is 19.0 Å². The first-order valence-electron chi connectivity index (χ1n) is 8.91. The third-order valence-electron chi connectivity index (χ3n) is 4.69. The molecule has 0 aliphatic carbocycles. The molecule has 4 rings (SSSR count). The second kappa shape index (κ2) is 7.23. The molecule has 2 aromatic carbocycles. The fraction of sp³-hybridized carbons (Fsp3) is 0.200. The first-order chi connectivity index (χ1) is 13.8. The SMILES string of the molecule is O=C(Nc1cccc(C(F)(F)F)c1)N1CCCc2c1cnn2-c1ccc(F)cc1. The van der Waals surface area contributed by atoms with E-state index >= 15 is 0 Å². The number of fused-ring (bicyclic) bond motifs is 1. The maximum atomic E-state index is 13.2. The molecule has 0 fully saturated rings. The summed E-state index contributed by atoms with van der Waals surface area (Å²) in [6.07, 6.45) is -1.63. The van der Waals surface area contributed by atoms with Crippen molar-refractivity contribution < 1.29 is 22.4 Å². The Morgan fingerprint density at radius 1 is 1.10 bits per heavy atom. The molecule has 1 aliphatic heterocycles. The third kappa shape index (κ3) is 3.80. The van der Waals surface area contributed by atoms with Crippen LogP contribution in [0, 0.1) is 5.82 Å². The van der Waals surface area contributed by atoms with Gasteiger partial charge in [0.25, 0.3) is 0 Å². The quantitative estimate of drug-likeness (QED) is 0.610. The van der Waals surface area contributed by atoms with Crippen LogP contribution in [0.5, 0.6) is 0 Å². The molecule has 0 saturated heterocycles. The zero-order valence-electron chi connectivity index (χ0n) is 15.1. The fourth-order valence-corrected chi connectivity index (χ4v) is 3.33. The van der Waals surface area contributed by atoms with Gasteiger partial charge in [-0.2, -0.15) is 18.3 Å². The molecule has 150 valence electrons. The van der Waals surface area contributed by atoms with E-state index in [1.54, 1.807) is 16.8 Å². The Balaban J connectivity index is 1.59. The average Bonchev–Trinajstić information content (AvgIpc) is 3.12. The summed E-state index contributed by atoms with van der Waals surface area (Å²) in [6, 6.07) is 9.77. The topological polar surface area (TPSA) is 50.2 Å². The molecule has 1 aromatic heterocycles. The Kier molecular flexibility index (Phi) is 4.73. The second-order valence-electron chi connectivity index (χ2n) is 6.63. The number of hydrogen-bond donors (Lipinski definition) is 1. The highest BCUT2D eigenvalue weighted by molar-refractivity contribution is 6.02. The number of hydrogen-bond acceptors (Lipinski definition) is 2. The lowest BCUT2D eigenvalue weighted by atomic mass is 10.1. The Labute approximate surface area is 163 Å². The van der Waals surface area contributed by atoms with Gasteiger partial charge in [0.05, 0.1) is 28.8 Å². The number of alkyl halides is 3. The highest BCUT2D eigenvalue weighted by Gasteiger charge is 2.31. The van der Waals surface area contributed by atoms with Crippen LogP contribution in [0.3, 0.4) is 0 Å². The zero-order valence-corrected chi connectivity index (χ0v) is 15.1. The van der Waals surface area contributed by atoms with Gasteiger partial charge in [-0.15, -0.1) is 0 Å². The molecule has 3 aromatic rings. The van der Waals surface area contributed by atoms with E-state index in [2.05, 4.69) is 10.4 Å². The molecule has 9 heteroatoms. The van der Waals surface area contributed by atoms with Crippen LogP contribution >= 0.6 is 0 Å². The number of amides is 2. The van der Waals surface area contributed by atoms with Crippen LogP contribution in [0.2, 0.25) is 0 Å². The molecule has 2 amide bonds. The lowest BCUT2D eigenvalue weighted by molar-refractivity contribution is -0.137. The van der Waals surface area contributed by atoms with Crippen molar-refractivity contribution in [3.8, 4) is 5.69 Å². The highest BCUT2D eigenvalue weighted by atomic mass is 19.4. The molecule has 1 aliphatic rings. The summed E-state index contributed by atoms with van der Waals surface area (Å²) in [7, 11) is 0. The number of nitrogens with one attached hydrogen (secondary N) is 1. The molecule has 0 unspecified atom stereocenters. The van der Waals surface area contributed by atoms with Crippen molar-refractivity contribution in [2.24, 2.45) is 0 Å². The van der Waals surface area contributed by atoms with Gasteiger partial charge in [-0.25, -0.2) is 13.9 Å². The summed E-state index contributed by atoms with van der Waals surface area (Å²) in [5.74, 6) is -0.364. The third-order valence-corrected chi connectivity index (χ3v) is 4.69. The molecule has 2 heterocycles. The number of rotatable bonds is 2. The smallest absolute Gasteiger partial charge is 0.308 e. The van der Waals surface area contributed by atoms with Gasteiger partial charge >= 0.3 is 12.2 Å². The van der Waals surface area contributed by atoms with Crippen LogP contribution in [0.1, 0.15) is 17.7 Å². The van der Waals surface area contributed by atoms with Crippen molar-refractivity contribution in [3.63, 3.8) is 0 Å². The zero-order chi connectivity index (χ0) is 20.6. The van der Waals surface area contributed by atoms with Crippen LogP contribution in [0.25, 0.3) is 5.69 Å². The van der Waals surface area contributed by atoms with Gasteiger partial charge in [0.1, 0.15) is 5.82 Å². The monoisotopic (exact) mass is 404 g/mol. The minimum absolute atomic E-state index is 0.0582. The van der Waals surface area contributed by atoms with Crippen molar-refractivity contribution in [1.29, 1.82) is 0 Å². The van der Waals surface area contributed by atoms with Crippen LogP contribution in [0.15, 0.2) is 54.7 Å². The predicted octanol–water partition coefficient (Wildman–Crippen LogP) is 5.01. The predicted molar refractivity (Wildman–Crippen MR) is 99.7 cm³/mol. The van der Waals surface area contributed by atoms with Crippen molar-refractivity contribution in [2.75, 3.05) is 16.8 Å². The first-order valence-corrected chi connectivity index (χ1v) is 8.91. The molecular formula is C20H16F4N4O. The van der Waals surface area contributed by atoms with Crippen LogP contribution in [-0.4, -0.2) is 22.4 Å². The van der Waals surface area contributed by atoms with E-state index in [0.717, 1.165) is 17.8 Å².